The highest BCUT2D eigenvalue weighted by molar-refractivity contribution is 5.91. The minimum absolute atomic E-state index is 0.148. The van der Waals surface area contributed by atoms with Gasteiger partial charge in [0.05, 0.1) is 34.4 Å². The van der Waals surface area contributed by atoms with Crippen LogP contribution in [-0.2, 0) is 39.1 Å². The molecule has 0 N–H and O–H groups in total. The first kappa shape index (κ1) is 34.0. The van der Waals surface area contributed by atoms with E-state index in [4.69, 9.17) is 9.47 Å². The summed E-state index contributed by atoms with van der Waals surface area (Å²) in [5, 5.41) is 8.47. The lowest BCUT2D eigenvalue weighted by molar-refractivity contribution is -0.452. The number of hydrogen-bond acceptors (Lipinski definition) is 12. The molecule has 2 rings (SSSR count). The number of benzene rings is 2. The van der Waals surface area contributed by atoms with Gasteiger partial charge < -0.3 is 9.47 Å². The molecule has 0 saturated carbocycles. The third-order valence-electron chi connectivity index (χ3n) is 6.55. The zero-order valence-corrected chi connectivity index (χ0v) is 24.4. The number of ether oxygens (including phenoxy) is 2. The summed E-state index contributed by atoms with van der Waals surface area (Å²) in [6, 6.07) is 10.3. The first-order valence-corrected chi connectivity index (χ1v) is 13.8. The molecule has 2 aromatic carbocycles. The molecule has 0 fully saturated rings. The molecule has 0 radical (unpaired) electrons. The summed E-state index contributed by atoms with van der Waals surface area (Å²) >= 11 is 0. The number of rotatable bonds is 17. The van der Waals surface area contributed by atoms with E-state index in [2.05, 4.69) is 29.6 Å². The molecule has 0 aliphatic heterocycles. The topological polar surface area (TPSA) is 142 Å². The average Bonchev–Trinajstić information content (AvgIpc) is 2.96. The summed E-state index contributed by atoms with van der Waals surface area (Å²) in [5.41, 5.74) is 3.92. The molecular formula is C30H38O12. The molecule has 12 nitrogen and oxygen atoms in total. The Morgan fingerprint density at radius 2 is 0.857 bits per heavy atom. The normalized spacial score (nSPS) is 10.5. The quantitative estimate of drug-likeness (QED) is 0.0805. The Labute approximate surface area is 244 Å². The summed E-state index contributed by atoms with van der Waals surface area (Å²) in [5.74, 6) is -1.56. The summed E-state index contributed by atoms with van der Waals surface area (Å²) in [6.45, 7) is 7.55. The molecule has 12 heteroatoms. The van der Waals surface area contributed by atoms with Gasteiger partial charge in [-0.05, 0) is 74.9 Å². The van der Waals surface area contributed by atoms with E-state index < -0.39 is 24.2 Å². The predicted molar refractivity (Wildman–Crippen MR) is 147 cm³/mol. The monoisotopic (exact) mass is 590 g/mol. The number of carbonyl (C=O) groups is 4. The van der Waals surface area contributed by atoms with Crippen molar-refractivity contribution in [1.82, 2.24) is 0 Å². The van der Waals surface area contributed by atoms with Gasteiger partial charge in [-0.15, -0.1) is 0 Å². The summed E-state index contributed by atoms with van der Waals surface area (Å²) in [6.07, 6.45) is 4.75. The first-order valence-electron chi connectivity index (χ1n) is 13.8. The van der Waals surface area contributed by atoms with Crippen LogP contribution in [0, 0.1) is 27.7 Å². The van der Waals surface area contributed by atoms with Crippen LogP contribution in [0.15, 0.2) is 36.4 Å². The van der Waals surface area contributed by atoms with Crippen LogP contribution >= 0.6 is 0 Å². The average molecular weight is 591 g/mol. The summed E-state index contributed by atoms with van der Waals surface area (Å²) in [4.78, 5) is 64.5. The number of carbonyl (C=O) groups excluding carboxylic acids is 4. The molecule has 0 aliphatic carbocycles. The lowest BCUT2D eigenvalue weighted by Gasteiger charge is -2.07. The van der Waals surface area contributed by atoms with Crippen molar-refractivity contribution in [2.75, 3.05) is 13.2 Å². The van der Waals surface area contributed by atoms with Crippen molar-refractivity contribution >= 4 is 24.2 Å². The van der Waals surface area contributed by atoms with E-state index in [9.17, 15) is 19.2 Å². The number of aryl methyl sites for hydroxylation is 2. The summed E-state index contributed by atoms with van der Waals surface area (Å²) < 4.78 is 9.73. The lowest BCUT2D eigenvalue weighted by Crippen LogP contribution is -2.13. The van der Waals surface area contributed by atoms with Crippen LogP contribution in [0.25, 0.3) is 0 Å². The van der Waals surface area contributed by atoms with Gasteiger partial charge in [0.25, 0.3) is 0 Å². The molecule has 0 atom stereocenters. The van der Waals surface area contributed by atoms with Crippen LogP contribution in [-0.4, -0.2) is 37.5 Å². The minimum atomic E-state index is -1.10. The highest BCUT2D eigenvalue weighted by atomic mass is 17.5. The second-order valence-corrected chi connectivity index (χ2v) is 9.56. The van der Waals surface area contributed by atoms with E-state index in [1.165, 1.54) is 0 Å². The molecule has 42 heavy (non-hydrogen) atoms. The maximum atomic E-state index is 12.0. The van der Waals surface area contributed by atoms with Crippen LogP contribution in [0.5, 0.6) is 0 Å². The van der Waals surface area contributed by atoms with E-state index in [0.29, 0.717) is 24.0 Å². The minimum Gasteiger partial charge on any atom is -0.432 e. The Balaban J connectivity index is 1.37. The highest BCUT2D eigenvalue weighted by Crippen LogP contribution is 2.15. The maximum absolute atomic E-state index is 12.0. The number of hydrogen-bond donors (Lipinski definition) is 0. The third kappa shape index (κ3) is 12.6. The number of unbranched alkanes of at least 4 members (excludes halogenated alkanes) is 7. The zero-order chi connectivity index (χ0) is 30.7. The van der Waals surface area contributed by atoms with Crippen LogP contribution < -0.4 is 0 Å². The highest BCUT2D eigenvalue weighted by Gasteiger charge is 2.16. The van der Waals surface area contributed by atoms with Crippen molar-refractivity contribution in [2.24, 2.45) is 0 Å². The molecule has 0 aliphatic rings. The van der Waals surface area contributed by atoms with Crippen LogP contribution in [0.1, 0.15) is 94.3 Å². The van der Waals surface area contributed by atoms with E-state index in [1.807, 2.05) is 26.0 Å². The van der Waals surface area contributed by atoms with Gasteiger partial charge in [-0.25, -0.2) is 29.0 Å². The molecule has 0 bridgehead atoms. The fourth-order valence-corrected chi connectivity index (χ4v) is 3.81. The second kappa shape index (κ2) is 19.1. The van der Waals surface area contributed by atoms with Crippen molar-refractivity contribution in [3.05, 3.63) is 69.8 Å². The van der Waals surface area contributed by atoms with Gasteiger partial charge in [0.15, 0.2) is 0 Å². The van der Waals surface area contributed by atoms with Crippen molar-refractivity contribution < 1.29 is 58.3 Å². The van der Waals surface area contributed by atoms with E-state index in [-0.39, 0.29) is 13.2 Å². The Kier molecular flexibility index (Phi) is 15.4. The SMILES string of the molecule is Cc1cccc(C(=O)OOOC(=O)OCCCCCCCCCCOC(=O)OOOC(=O)c2cccc(C)c2C)c1C. The largest absolute Gasteiger partial charge is 0.543 e. The smallest absolute Gasteiger partial charge is 0.432 e. The van der Waals surface area contributed by atoms with Crippen molar-refractivity contribution in [3.8, 4) is 0 Å². The third-order valence-corrected chi connectivity index (χ3v) is 6.55. The van der Waals surface area contributed by atoms with E-state index in [1.54, 1.807) is 38.1 Å². The van der Waals surface area contributed by atoms with Crippen LogP contribution in [0.4, 0.5) is 9.59 Å². The maximum Gasteiger partial charge on any atom is 0.543 e. The van der Waals surface area contributed by atoms with Gasteiger partial charge in [0, 0.05) is 0 Å². The standard InChI is InChI=1S/C30H38O12/c1-21-15-13-17-25(23(21)3)27(31)37-41-39-29(33)35-19-11-9-7-5-6-8-10-12-20-36-30(34)40-42-38-28(32)26-18-14-16-22(2)24(26)4/h13-18H,5-12,19-20H2,1-4H3. The summed E-state index contributed by atoms with van der Waals surface area (Å²) in [7, 11) is 0. The first-order chi connectivity index (χ1) is 20.2. The Morgan fingerprint density at radius 1 is 0.500 bits per heavy atom. The van der Waals surface area contributed by atoms with Gasteiger partial charge in [-0.3, -0.25) is 9.78 Å². The van der Waals surface area contributed by atoms with Crippen molar-refractivity contribution in [3.63, 3.8) is 0 Å². The fourth-order valence-electron chi connectivity index (χ4n) is 3.81. The molecule has 0 heterocycles. The molecule has 230 valence electrons. The van der Waals surface area contributed by atoms with Gasteiger partial charge in [-0.2, -0.15) is 0 Å². The van der Waals surface area contributed by atoms with Gasteiger partial charge in [0.2, 0.25) is 0 Å². The fraction of sp³-hybridized carbons (Fsp3) is 0.467. The van der Waals surface area contributed by atoms with Gasteiger partial charge >= 0.3 is 24.2 Å². The Morgan fingerprint density at radius 3 is 1.24 bits per heavy atom. The molecule has 0 spiro atoms. The van der Waals surface area contributed by atoms with Crippen molar-refractivity contribution in [1.29, 1.82) is 0 Å². The zero-order valence-electron chi connectivity index (χ0n) is 24.4. The Hall–Kier alpha value is -4.16. The lowest BCUT2D eigenvalue weighted by atomic mass is 10.0. The predicted octanol–water partition coefficient (Wildman–Crippen LogP) is 7.05. The molecule has 2 aromatic rings. The molecule has 0 aromatic heterocycles. The Bertz CT molecular complexity index is 1090. The van der Waals surface area contributed by atoms with E-state index >= 15 is 0 Å². The van der Waals surface area contributed by atoms with Gasteiger partial charge in [0.1, 0.15) is 0 Å². The van der Waals surface area contributed by atoms with Gasteiger partial charge in [-0.1, -0.05) is 62.8 Å². The van der Waals surface area contributed by atoms with Crippen molar-refractivity contribution in [2.45, 2.75) is 79.1 Å². The van der Waals surface area contributed by atoms with Crippen LogP contribution in [0.2, 0.25) is 0 Å². The molecule has 0 saturated heterocycles. The molecular weight excluding hydrogens is 552 g/mol. The second-order valence-electron chi connectivity index (χ2n) is 9.56. The molecule has 0 unspecified atom stereocenters. The van der Waals surface area contributed by atoms with Crippen LogP contribution in [0.3, 0.4) is 0 Å². The molecule has 0 amide bonds. The van der Waals surface area contributed by atoms with E-state index in [0.717, 1.165) is 60.8 Å².